The smallest absolute Gasteiger partial charge is 0.378 e. The minimum Gasteiger partial charge on any atom is -0.378 e. The zero-order chi connectivity index (χ0) is 19.4. The number of alkyl halides is 3. The number of carbonyl (C=O) groups excluding carboxylic acids is 1. The van der Waals surface area contributed by atoms with E-state index in [9.17, 15) is 18.0 Å². The van der Waals surface area contributed by atoms with Crippen LogP contribution < -0.4 is 15.5 Å². The van der Waals surface area contributed by atoms with Gasteiger partial charge in [0.25, 0.3) is 5.91 Å². The summed E-state index contributed by atoms with van der Waals surface area (Å²) < 4.78 is 44.6. The molecule has 0 spiro atoms. The number of nitrogens with zero attached hydrogens (tertiary/aromatic N) is 1. The van der Waals surface area contributed by atoms with Crippen molar-refractivity contribution in [1.82, 2.24) is 5.32 Å². The highest BCUT2D eigenvalue weighted by molar-refractivity contribution is 7.80. The number of benzene rings is 1. The van der Waals surface area contributed by atoms with Gasteiger partial charge in [-0.25, -0.2) is 0 Å². The molecule has 0 unspecified atom stereocenters. The zero-order valence-corrected chi connectivity index (χ0v) is 15.6. The molecular formula is C17H16F3N3O2S2. The lowest BCUT2D eigenvalue weighted by molar-refractivity contribution is -0.137. The van der Waals surface area contributed by atoms with Gasteiger partial charge in [-0.15, -0.1) is 11.3 Å². The first-order valence-corrected chi connectivity index (χ1v) is 9.33. The molecule has 1 fully saturated rings. The summed E-state index contributed by atoms with van der Waals surface area (Å²) in [6, 6.07) is 6.78. The largest absolute Gasteiger partial charge is 0.416 e. The van der Waals surface area contributed by atoms with Crippen molar-refractivity contribution >= 4 is 45.9 Å². The number of anilines is 2. The number of carbonyl (C=O) groups is 1. The first-order valence-electron chi connectivity index (χ1n) is 8.04. The van der Waals surface area contributed by atoms with E-state index in [1.807, 2.05) is 4.90 Å². The first-order chi connectivity index (χ1) is 12.8. The van der Waals surface area contributed by atoms with Crippen LogP contribution in [0, 0.1) is 0 Å². The van der Waals surface area contributed by atoms with Crippen molar-refractivity contribution in [3.8, 4) is 0 Å². The van der Waals surface area contributed by atoms with E-state index in [0.29, 0.717) is 36.9 Å². The molecule has 2 N–H and O–H groups in total. The Morgan fingerprint density at radius 3 is 2.59 bits per heavy atom. The minimum atomic E-state index is -4.48. The average Bonchev–Trinajstić information content (AvgIpc) is 3.16. The number of thiophene rings is 1. The highest BCUT2D eigenvalue weighted by Gasteiger charge is 2.31. The van der Waals surface area contributed by atoms with E-state index in [1.54, 1.807) is 17.5 Å². The summed E-state index contributed by atoms with van der Waals surface area (Å²) in [5.41, 5.74) is -0.0448. The zero-order valence-electron chi connectivity index (χ0n) is 14.0. The summed E-state index contributed by atoms with van der Waals surface area (Å²) in [4.78, 5) is 14.5. The van der Waals surface area contributed by atoms with Gasteiger partial charge in [0.15, 0.2) is 5.11 Å². The monoisotopic (exact) mass is 415 g/mol. The third-order valence-corrected chi connectivity index (χ3v) is 4.97. The molecule has 0 saturated carbocycles. The molecule has 0 aliphatic carbocycles. The van der Waals surface area contributed by atoms with Gasteiger partial charge in [0.2, 0.25) is 0 Å². The van der Waals surface area contributed by atoms with Gasteiger partial charge < -0.3 is 15.0 Å². The van der Waals surface area contributed by atoms with Crippen molar-refractivity contribution in [2.75, 3.05) is 36.5 Å². The van der Waals surface area contributed by atoms with Gasteiger partial charge in [-0.05, 0) is 41.9 Å². The molecule has 144 valence electrons. The number of halogens is 3. The molecular weight excluding hydrogens is 399 g/mol. The van der Waals surface area contributed by atoms with Gasteiger partial charge in [-0.3, -0.25) is 10.1 Å². The number of nitrogens with one attached hydrogen (secondary N) is 2. The third kappa shape index (κ3) is 4.96. The second-order valence-electron chi connectivity index (χ2n) is 5.71. The van der Waals surface area contributed by atoms with E-state index in [1.165, 1.54) is 17.4 Å². The molecule has 1 aliphatic heterocycles. The predicted molar refractivity (Wildman–Crippen MR) is 102 cm³/mol. The number of ether oxygens (including phenoxy) is 1. The third-order valence-electron chi connectivity index (χ3n) is 3.90. The number of thiocarbonyl (C=S) groups is 1. The fraction of sp³-hybridized carbons (Fsp3) is 0.294. The number of amides is 1. The number of hydrogen-bond acceptors (Lipinski definition) is 5. The molecule has 0 atom stereocenters. The lowest BCUT2D eigenvalue weighted by Crippen LogP contribution is -2.38. The lowest BCUT2D eigenvalue weighted by Gasteiger charge is -2.31. The van der Waals surface area contributed by atoms with Crippen LogP contribution >= 0.6 is 23.6 Å². The molecule has 2 heterocycles. The summed E-state index contributed by atoms with van der Waals surface area (Å²) in [5, 5.41) is 6.90. The summed E-state index contributed by atoms with van der Waals surface area (Å²) in [7, 11) is 0. The summed E-state index contributed by atoms with van der Waals surface area (Å²) in [5.74, 6) is -0.414. The Labute approximate surface area is 163 Å². The maximum Gasteiger partial charge on any atom is 0.416 e. The highest BCUT2D eigenvalue weighted by Crippen LogP contribution is 2.35. The molecule has 10 heteroatoms. The Bertz CT molecular complexity index is 819. The first kappa shape index (κ1) is 19.6. The molecule has 1 saturated heterocycles. The Morgan fingerprint density at radius 2 is 1.96 bits per heavy atom. The van der Waals surface area contributed by atoms with Gasteiger partial charge in [0.05, 0.1) is 35.0 Å². The van der Waals surface area contributed by atoms with Gasteiger partial charge in [-0.1, -0.05) is 6.07 Å². The van der Waals surface area contributed by atoms with Crippen LogP contribution in [0.1, 0.15) is 15.2 Å². The van der Waals surface area contributed by atoms with Crippen LogP contribution in [-0.2, 0) is 10.9 Å². The molecule has 3 rings (SSSR count). The second-order valence-corrected chi connectivity index (χ2v) is 7.07. The molecule has 1 amide bonds. The normalized spacial score (nSPS) is 14.7. The standard InChI is InChI=1S/C17H16F3N3O2S2/c18-17(19,20)11-3-4-13(23-5-7-25-8-6-23)12(10-11)21-16(26)22-15(24)14-2-1-9-27-14/h1-4,9-10H,5-8H2,(H2,21,22,24,26). The Kier molecular flexibility index (Phi) is 5.98. The number of hydrogen-bond donors (Lipinski definition) is 2. The maximum absolute atomic E-state index is 13.1. The summed E-state index contributed by atoms with van der Waals surface area (Å²) in [6.07, 6.45) is -4.48. The van der Waals surface area contributed by atoms with E-state index < -0.39 is 17.6 Å². The van der Waals surface area contributed by atoms with Crippen LogP contribution in [0.5, 0.6) is 0 Å². The van der Waals surface area contributed by atoms with Crippen molar-refractivity contribution in [3.63, 3.8) is 0 Å². The topological polar surface area (TPSA) is 53.6 Å². The molecule has 0 bridgehead atoms. The SMILES string of the molecule is O=C(NC(=S)Nc1cc(C(F)(F)F)ccc1N1CCOCC1)c1cccs1. The number of rotatable bonds is 3. The Morgan fingerprint density at radius 1 is 1.22 bits per heavy atom. The fourth-order valence-electron chi connectivity index (χ4n) is 2.62. The fourth-order valence-corrected chi connectivity index (χ4v) is 3.44. The Balaban J connectivity index is 1.82. The van der Waals surface area contributed by atoms with Crippen LogP contribution in [0.25, 0.3) is 0 Å². The molecule has 2 aromatic rings. The van der Waals surface area contributed by atoms with Gasteiger partial charge in [0, 0.05) is 13.1 Å². The van der Waals surface area contributed by atoms with Crippen LogP contribution in [-0.4, -0.2) is 37.3 Å². The van der Waals surface area contributed by atoms with Gasteiger partial charge >= 0.3 is 6.18 Å². The lowest BCUT2D eigenvalue weighted by atomic mass is 10.1. The van der Waals surface area contributed by atoms with E-state index in [4.69, 9.17) is 17.0 Å². The highest BCUT2D eigenvalue weighted by atomic mass is 32.1. The molecule has 0 radical (unpaired) electrons. The minimum absolute atomic E-state index is 0.0674. The average molecular weight is 415 g/mol. The summed E-state index contributed by atoms with van der Waals surface area (Å²) >= 11 is 6.36. The van der Waals surface area contributed by atoms with Crippen LogP contribution in [0.15, 0.2) is 35.7 Å². The molecule has 1 aromatic heterocycles. The van der Waals surface area contributed by atoms with Gasteiger partial charge in [0.1, 0.15) is 0 Å². The van der Waals surface area contributed by atoms with E-state index >= 15 is 0 Å². The second kappa shape index (κ2) is 8.24. The van der Waals surface area contributed by atoms with Crippen molar-refractivity contribution in [1.29, 1.82) is 0 Å². The van der Waals surface area contributed by atoms with E-state index in [-0.39, 0.29) is 10.8 Å². The molecule has 1 aromatic carbocycles. The van der Waals surface area contributed by atoms with Crippen LogP contribution in [0.3, 0.4) is 0 Å². The predicted octanol–water partition coefficient (Wildman–Crippen LogP) is 3.73. The van der Waals surface area contributed by atoms with E-state index in [0.717, 1.165) is 12.1 Å². The molecule has 1 aliphatic rings. The summed E-state index contributed by atoms with van der Waals surface area (Å²) in [6.45, 7) is 2.07. The quantitative estimate of drug-likeness (QED) is 0.749. The van der Waals surface area contributed by atoms with Crippen molar-refractivity contribution in [3.05, 3.63) is 46.2 Å². The van der Waals surface area contributed by atoms with Crippen LogP contribution in [0.2, 0.25) is 0 Å². The van der Waals surface area contributed by atoms with Crippen molar-refractivity contribution < 1.29 is 22.7 Å². The molecule has 5 nitrogen and oxygen atoms in total. The van der Waals surface area contributed by atoms with Crippen molar-refractivity contribution in [2.45, 2.75) is 6.18 Å². The van der Waals surface area contributed by atoms with Crippen molar-refractivity contribution in [2.24, 2.45) is 0 Å². The van der Waals surface area contributed by atoms with Crippen LogP contribution in [0.4, 0.5) is 24.5 Å². The van der Waals surface area contributed by atoms with E-state index in [2.05, 4.69) is 10.6 Å². The maximum atomic E-state index is 13.1. The molecule has 27 heavy (non-hydrogen) atoms. The Hall–Kier alpha value is -2.17. The van der Waals surface area contributed by atoms with Gasteiger partial charge in [-0.2, -0.15) is 13.2 Å². The number of morpholine rings is 1.